The summed E-state index contributed by atoms with van der Waals surface area (Å²) in [4.78, 5) is 1.94. The lowest BCUT2D eigenvalue weighted by atomic mass is 10.0. The minimum absolute atomic E-state index is 0.0109. The first-order valence-corrected chi connectivity index (χ1v) is 5.84. The van der Waals surface area contributed by atoms with Gasteiger partial charge in [0.25, 0.3) is 0 Å². The van der Waals surface area contributed by atoms with Gasteiger partial charge in [-0.15, -0.1) is 0 Å². The van der Waals surface area contributed by atoms with Gasteiger partial charge in [0, 0.05) is 18.6 Å². The Labute approximate surface area is 106 Å². The van der Waals surface area contributed by atoms with Crippen LogP contribution in [0.5, 0.6) is 0 Å². The molecule has 5 heteroatoms. The van der Waals surface area contributed by atoms with Crippen LogP contribution in [0.2, 0.25) is 0 Å². The van der Waals surface area contributed by atoms with Gasteiger partial charge in [-0.2, -0.15) is 13.2 Å². The van der Waals surface area contributed by atoms with Crippen LogP contribution in [0.25, 0.3) is 0 Å². The number of halogens is 3. The molecule has 1 aromatic carbocycles. The van der Waals surface area contributed by atoms with E-state index in [1.165, 1.54) is 12.1 Å². The molecule has 2 unspecified atom stereocenters. The Morgan fingerprint density at radius 2 is 1.89 bits per heavy atom. The Morgan fingerprint density at radius 3 is 2.39 bits per heavy atom. The third-order valence-corrected chi connectivity index (χ3v) is 2.93. The Morgan fingerprint density at radius 1 is 1.28 bits per heavy atom. The molecular formula is C13H19F3N2. The highest BCUT2D eigenvalue weighted by Crippen LogP contribution is 2.31. The van der Waals surface area contributed by atoms with Gasteiger partial charge in [-0.3, -0.25) is 4.90 Å². The fourth-order valence-corrected chi connectivity index (χ4v) is 1.84. The van der Waals surface area contributed by atoms with Crippen LogP contribution in [0.15, 0.2) is 24.3 Å². The summed E-state index contributed by atoms with van der Waals surface area (Å²) < 4.78 is 37.8. The number of hydrogen-bond acceptors (Lipinski definition) is 2. The minimum atomic E-state index is -4.30. The first-order valence-electron chi connectivity index (χ1n) is 5.84. The summed E-state index contributed by atoms with van der Waals surface area (Å²) in [6, 6.07) is 5.32. The maximum atomic E-state index is 12.6. The molecule has 2 N–H and O–H groups in total. The van der Waals surface area contributed by atoms with Gasteiger partial charge in [0.05, 0.1) is 5.56 Å². The Hall–Kier alpha value is -1.07. The third kappa shape index (κ3) is 3.99. The highest BCUT2D eigenvalue weighted by Gasteiger charge is 2.30. The van der Waals surface area contributed by atoms with Crippen molar-refractivity contribution >= 4 is 0 Å². The summed E-state index contributed by atoms with van der Waals surface area (Å²) in [5.74, 6) is 0. The first-order chi connectivity index (χ1) is 8.21. The van der Waals surface area contributed by atoms with Crippen LogP contribution in [0.3, 0.4) is 0 Å². The molecule has 0 heterocycles. The molecule has 0 bridgehead atoms. The molecular weight excluding hydrogens is 241 g/mol. The molecule has 0 aliphatic heterocycles. The summed E-state index contributed by atoms with van der Waals surface area (Å²) in [5, 5.41) is 0. The van der Waals surface area contributed by atoms with Crippen molar-refractivity contribution in [3.63, 3.8) is 0 Å². The number of likely N-dealkylation sites (N-methyl/N-ethyl adjacent to an activating group) is 1. The van der Waals surface area contributed by atoms with Crippen molar-refractivity contribution in [2.24, 2.45) is 5.73 Å². The molecule has 1 rings (SSSR count). The first kappa shape index (κ1) is 15.0. The lowest BCUT2D eigenvalue weighted by molar-refractivity contribution is -0.137. The molecule has 0 saturated heterocycles. The van der Waals surface area contributed by atoms with E-state index >= 15 is 0 Å². The number of benzene rings is 1. The zero-order valence-electron chi connectivity index (χ0n) is 10.8. The molecule has 0 fully saturated rings. The average molecular weight is 260 g/mol. The number of alkyl halides is 3. The van der Waals surface area contributed by atoms with Crippen molar-refractivity contribution in [3.8, 4) is 0 Å². The largest absolute Gasteiger partial charge is 0.416 e. The van der Waals surface area contributed by atoms with E-state index in [1.807, 2.05) is 25.8 Å². The topological polar surface area (TPSA) is 29.3 Å². The number of nitrogens with two attached hydrogens (primary N) is 1. The van der Waals surface area contributed by atoms with E-state index in [4.69, 9.17) is 5.73 Å². The molecule has 18 heavy (non-hydrogen) atoms. The summed E-state index contributed by atoms with van der Waals surface area (Å²) in [6.45, 7) is 4.38. The van der Waals surface area contributed by atoms with Gasteiger partial charge in [0.1, 0.15) is 0 Å². The molecule has 1 aromatic rings. The third-order valence-electron chi connectivity index (χ3n) is 2.93. The highest BCUT2D eigenvalue weighted by molar-refractivity contribution is 5.27. The predicted molar refractivity (Wildman–Crippen MR) is 66.1 cm³/mol. The fourth-order valence-electron chi connectivity index (χ4n) is 1.84. The van der Waals surface area contributed by atoms with Crippen LogP contribution in [0, 0.1) is 0 Å². The zero-order valence-corrected chi connectivity index (χ0v) is 10.8. The molecule has 2 atom stereocenters. The van der Waals surface area contributed by atoms with Gasteiger partial charge in [0.15, 0.2) is 0 Å². The van der Waals surface area contributed by atoms with Crippen molar-refractivity contribution in [1.29, 1.82) is 0 Å². The average Bonchev–Trinajstić information content (AvgIpc) is 2.26. The van der Waals surface area contributed by atoms with Crippen molar-refractivity contribution in [2.45, 2.75) is 32.1 Å². The second-order valence-electron chi connectivity index (χ2n) is 4.72. The standard InChI is InChI=1S/C13H19F3N2/c1-9(17)8-18(3)10(2)11-5-4-6-12(7-11)13(14,15)16/h4-7,9-10H,8,17H2,1-3H3. The Bertz CT molecular complexity index is 388. The lowest BCUT2D eigenvalue weighted by Gasteiger charge is -2.27. The van der Waals surface area contributed by atoms with Crippen LogP contribution in [-0.4, -0.2) is 24.5 Å². The quantitative estimate of drug-likeness (QED) is 0.901. The van der Waals surface area contributed by atoms with Crippen molar-refractivity contribution in [3.05, 3.63) is 35.4 Å². The van der Waals surface area contributed by atoms with E-state index in [0.717, 1.165) is 6.07 Å². The van der Waals surface area contributed by atoms with Crippen molar-refractivity contribution < 1.29 is 13.2 Å². The molecule has 0 aliphatic carbocycles. The van der Waals surface area contributed by atoms with E-state index in [-0.39, 0.29) is 12.1 Å². The second kappa shape index (κ2) is 5.71. The monoisotopic (exact) mass is 260 g/mol. The Kier molecular flexibility index (Phi) is 4.76. The molecule has 102 valence electrons. The van der Waals surface area contributed by atoms with E-state index < -0.39 is 11.7 Å². The second-order valence-corrected chi connectivity index (χ2v) is 4.72. The maximum Gasteiger partial charge on any atom is 0.416 e. The van der Waals surface area contributed by atoms with Crippen molar-refractivity contribution in [2.75, 3.05) is 13.6 Å². The van der Waals surface area contributed by atoms with E-state index in [0.29, 0.717) is 12.1 Å². The van der Waals surface area contributed by atoms with E-state index in [1.54, 1.807) is 6.07 Å². The summed E-state index contributed by atoms with van der Waals surface area (Å²) >= 11 is 0. The molecule has 0 spiro atoms. The molecule has 2 nitrogen and oxygen atoms in total. The molecule has 0 radical (unpaired) electrons. The molecule has 0 aromatic heterocycles. The molecule has 0 amide bonds. The minimum Gasteiger partial charge on any atom is -0.327 e. The van der Waals surface area contributed by atoms with E-state index in [2.05, 4.69) is 0 Å². The van der Waals surface area contributed by atoms with E-state index in [9.17, 15) is 13.2 Å². The van der Waals surface area contributed by atoms with Gasteiger partial charge >= 0.3 is 6.18 Å². The van der Waals surface area contributed by atoms with Crippen molar-refractivity contribution in [1.82, 2.24) is 4.90 Å². The summed E-state index contributed by atoms with van der Waals surface area (Å²) in [6.07, 6.45) is -4.30. The highest BCUT2D eigenvalue weighted by atomic mass is 19.4. The van der Waals surface area contributed by atoms with Gasteiger partial charge in [-0.25, -0.2) is 0 Å². The van der Waals surface area contributed by atoms with Crippen LogP contribution in [0.4, 0.5) is 13.2 Å². The Balaban J connectivity index is 2.89. The number of rotatable bonds is 4. The SMILES string of the molecule is CC(N)CN(C)C(C)c1cccc(C(F)(F)F)c1. The van der Waals surface area contributed by atoms with Crippen LogP contribution in [-0.2, 0) is 6.18 Å². The van der Waals surface area contributed by atoms with Crippen LogP contribution >= 0.6 is 0 Å². The van der Waals surface area contributed by atoms with Gasteiger partial charge < -0.3 is 5.73 Å². The fraction of sp³-hybridized carbons (Fsp3) is 0.538. The normalized spacial score (nSPS) is 15.8. The summed E-state index contributed by atoms with van der Waals surface area (Å²) in [7, 11) is 1.86. The molecule has 0 aliphatic rings. The zero-order chi connectivity index (χ0) is 13.9. The maximum absolute atomic E-state index is 12.6. The number of hydrogen-bond donors (Lipinski definition) is 1. The van der Waals surface area contributed by atoms with Crippen LogP contribution < -0.4 is 5.73 Å². The lowest BCUT2D eigenvalue weighted by Crippen LogP contribution is -2.34. The smallest absolute Gasteiger partial charge is 0.327 e. The van der Waals surface area contributed by atoms with Gasteiger partial charge in [-0.05, 0) is 38.6 Å². The van der Waals surface area contributed by atoms with Gasteiger partial charge in [-0.1, -0.05) is 12.1 Å². The predicted octanol–water partition coefficient (Wildman–Crippen LogP) is 3.05. The van der Waals surface area contributed by atoms with Crippen LogP contribution in [0.1, 0.15) is 31.0 Å². The molecule has 0 saturated carbocycles. The number of nitrogens with zero attached hydrogens (tertiary/aromatic N) is 1. The van der Waals surface area contributed by atoms with Gasteiger partial charge in [0.2, 0.25) is 0 Å². The summed E-state index contributed by atoms with van der Waals surface area (Å²) in [5.41, 5.74) is 5.72.